The number of hydrogen-bond donors (Lipinski definition) is 2. The van der Waals surface area contributed by atoms with Gasteiger partial charge in [-0.25, -0.2) is 0 Å². The molecule has 2 N–H and O–H groups in total. The minimum Gasteiger partial charge on any atom is -0.495 e. The number of nitrogens with one attached hydrogen (secondary N) is 2. The molecule has 2 amide bonds. The number of para-hydroxylation sites is 2. The molecule has 0 fully saturated rings. The summed E-state index contributed by atoms with van der Waals surface area (Å²) in [6.07, 6.45) is 2.83. The molecule has 1 aliphatic carbocycles. The van der Waals surface area contributed by atoms with E-state index in [0.717, 1.165) is 30.4 Å². The van der Waals surface area contributed by atoms with E-state index < -0.39 is 0 Å². The first-order chi connectivity index (χ1) is 18.1. The number of rotatable bonds is 8. The van der Waals surface area contributed by atoms with Crippen LogP contribution in [0.4, 0.5) is 10.7 Å². The van der Waals surface area contributed by atoms with Crippen LogP contribution in [-0.4, -0.2) is 33.1 Å². The summed E-state index contributed by atoms with van der Waals surface area (Å²) >= 11 is 1.51. The van der Waals surface area contributed by atoms with Crippen LogP contribution in [0.2, 0.25) is 0 Å². The van der Waals surface area contributed by atoms with E-state index in [-0.39, 0.29) is 23.7 Å². The van der Waals surface area contributed by atoms with Crippen LogP contribution in [0, 0.1) is 11.3 Å². The first-order valence-corrected chi connectivity index (χ1v) is 13.6. The van der Waals surface area contributed by atoms with Crippen LogP contribution in [0.3, 0.4) is 0 Å². The van der Waals surface area contributed by atoms with E-state index in [1.165, 1.54) is 16.2 Å². The Morgan fingerprint density at radius 3 is 2.34 bits per heavy atom. The van der Waals surface area contributed by atoms with Crippen molar-refractivity contribution in [2.75, 3.05) is 32.0 Å². The van der Waals surface area contributed by atoms with Crippen LogP contribution in [0.25, 0.3) is 0 Å². The summed E-state index contributed by atoms with van der Waals surface area (Å²) in [5.41, 5.74) is 3.12. The second-order valence-corrected chi connectivity index (χ2v) is 11.7. The van der Waals surface area contributed by atoms with Crippen molar-refractivity contribution >= 4 is 33.8 Å². The third-order valence-electron chi connectivity index (χ3n) is 7.14. The van der Waals surface area contributed by atoms with Crippen molar-refractivity contribution in [1.82, 2.24) is 0 Å². The fraction of sp³-hybridized carbons (Fsp3) is 0.400. The molecule has 0 spiro atoms. The van der Waals surface area contributed by atoms with Gasteiger partial charge in [0.05, 0.1) is 39.0 Å². The predicted octanol–water partition coefficient (Wildman–Crippen LogP) is 6.36. The van der Waals surface area contributed by atoms with E-state index in [2.05, 4.69) is 31.4 Å². The quantitative estimate of drug-likeness (QED) is 0.350. The third-order valence-corrected chi connectivity index (χ3v) is 8.31. The molecule has 38 heavy (non-hydrogen) atoms. The molecule has 202 valence electrons. The third kappa shape index (κ3) is 5.96. The highest BCUT2D eigenvalue weighted by molar-refractivity contribution is 7.17. The normalized spacial score (nSPS) is 14.8. The largest absolute Gasteiger partial charge is 0.495 e. The molecule has 3 aromatic rings. The first kappa shape index (κ1) is 27.5. The molecule has 8 heteroatoms. The number of carbonyl (C=O) groups excluding carboxylic acids is 2. The van der Waals surface area contributed by atoms with Gasteiger partial charge in [0.25, 0.3) is 5.91 Å². The number of hydrogen-bond acceptors (Lipinski definition) is 6. The lowest BCUT2D eigenvalue weighted by molar-refractivity contribution is -0.115. The van der Waals surface area contributed by atoms with Gasteiger partial charge in [-0.3, -0.25) is 9.59 Å². The Morgan fingerprint density at radius 2 is 1.66 bits per heavy atom. The van der Waals surface area contributed by atoms with Gasteiger partial charge < -0.3 is 24.8 Å². The Hall–Kier alpha value is -3.52. The summed E-state index contributed by atoms with van der Waals surface area (Å²) < 4.78 is 16.1. The molecule has 1 aliphatic rings. The molecule has 0 aliphatic heterocycles. The molecule has 7 nitrogen and oxygen atoms in total. The van der Waals surface area contributed by atoms with Crippen LogP contribution in [-0.2, 0) is 24.1 Å². The maximum absolute atomic E-state index is 13.7. The lowest BCUT2D eigenvalue weighted by Crippen LogP contribution is -2.27. The number of amides is 2. The average Bonchev–Trinajstić information content (AvgIpc) is 3.25. The monoisotopic (exact) mass is 536 g/mol. The summed E-state index contributed by atoms with van der Waals surface area (Å²) in [6.45, 7) is 6.78. The fourth-order valence-corrected chi connectivity index (χ4v) is 6.27. The molecule has 1 heterocycles. The topological polar surface area (TPSA) is 85.9 Å². The summed E-state index contributed by atoms with van der Waals surface area (Å²) in [5, 5.41) is 6.64. The Morgan fingerprint density at radius 1 is 0.947 bits per heavy atom. The molecule has 0 radical (unpaired) electrons. The van der Waals surface area contributed by atoms with E-state index in [1.807, 2.05) is 18.2 Å². The van der Waals surface area contributed by atoms with E-state index in [0.29, 0.717) is 39.4 Å². The van der Waals surface area contributed by atoms with Crippen molar-refractivity contribution in [2.24, 2.45) is 11.3 Å². The lowest BCUT2D eigenvalue weighted by atomic mass is 9.72. The van der Waals surface area contributed by atoms with Crippen LogP contribution in [0.15, 0.2) is 42.5 Å². The van der Waals surface area contributed by atoms with Crippen molar-refractivity contribution in [3.8, 4) is 17.2 Å². The fourth-order valence-electron chi connectivity index (χ4n) is 4.93. The maximum Gasteiger partial charge on any atom is 0.259 e. The summed E-state index contributed by atoms with van der Waals surface area (Å²) in [4.78, 5) is 28.0. The number of ether oxygens (including phenoxy) is 3. The Bertz CT molecular complexity index is 1320. The number of carbonyl (C=O) groups is 2. The zero-order valence-electron chi connectivity index (χ0n) is 22.9. The van der Waals surface area contributed by atoms with E-state index in [4.69, 9.17) is 14.2 Å². The van der Waals surface area contributed by atoms with Crippen molar-refractivity contribution < 1.29 is 23.8 Å². The lowest BCUT2D eigenvalue weighted by Gasteiger charge is -2.33. The van der Waals surface area contributed by atoms with Gasteiger partial charge in [0.2, 0.25) is 5.91 Å². The smallest absolute Gasteiger partial charge is 0.259 e. The number of fused-ring (bicyclic) bond motifs is 1. The first-order valence-electron chi connectivity index (χ1n) is 12.7. The molecule has 4 rings (SSSR count). The summed E-state index contributed by atoms with van der Waals surface area (Å²) in [6, 6.07) is 12.7. The minimum atomic E-state index is -0.248. The second-order valence-electron chi connectivity index (χ2n) is 10.6. The van der Waals surface area contributed by atoms with Gasteiger partial charge in [0, 0.05) is 4.88 Å². The van der Waals surface area contributed by atoms with Crippen molar-refractivity contribution in [2.45, 2.75) is 46.5 Å². The van der Waals surface area contributed by atoms with Crippen LogP contribution in [0.1, 0.15) is 53.6 Å². The molecule has 0 bridgehead atoms. The molecular formula is C30H36N2O5S. The second kappa shape index (κ2) is 11.5. The van der Waals surface area contributed by atoms with Gasteiger partial charge in [0.1, 0.15) is 10.8 Å². The van der Waals surface area contributed by atoms with Gasteiger partial charge in [-0.2, -0.15) is 0 Å². The number of benzene rings is 2. The summed E-state index contributed by atoms with van der Waals surface area (Å²) in [7, 11) is 4.71. The molecule has 1 aromatic heterocycles. The standard InChI is InChI=1S/C30H36N2O5S/c1-30(2,3)19-12-13-20-25(17-19)38-29(27(20)28(34)31-21-9-7-8-10-22(21)35-4)32-26(33)16-18-11-14-23(36-5)24(15-18)37-6/h7-11,14-15,19H,12-13,16-17H2,1-6H3,(H,31,34)(H,32,33). The highest BCUT2D eigenvalue weighted by Gasteiger charge is 2.34. The molecular weight excluding hydrogens is 500 g/mol. The van der Waals surface area contributed by atoms with Gasteiger partial charge in [0.15, 0.2) is 11.5 Å². The molecule has 1 atom stereocenters. The molecule has 2 aromatic carbocycles. The van der Waals surface area contributed by atoms with E-state index in [9.17, 15) is 9.59 Å². The Labute approximate surface area is 228 Å². The highest BCUT2D eigenvalue weighted by Crippen LogP contribution is 2.44. The van der Waals surface area contributed by atoms with Gasteiger partial charge in [-0.05, 0) is 66.0 Å². The Kier molecular flexibility index (Phi) is 8.31. The van der Waals surface area contributed by atoms with E-state index >= 15 is 0 Å². The predicted molar refractivity (Wildman–Crippen MR) is 152 cm³/mol. The molecule has 0 saturated heterocycles. The van der Waals surface area contributed by atoms with Crippen LogP contribution < -0.4 is 24.8 Å². The number of methoxy groups -OCH3 is 3. The zero-order chi connectivity index (χ0) is 27.4. The average molecular weight is 537 g/mol. The van der Waals surface area contributed by atoms with E-state index in [1.54, 1.807) is 45.6 Å². The SMILES string of the molecule is COc1ccccc1NC(=O)c1c(NC(=O)Cc2ccc(OC)c(OC)c2)sc2c1CCC(C(C)(C)C)C2. The molecule has 1 unspecified atom stereocenters. The summed E-state index contributed by atoms with van der Waals surface area (Å²) in [5.74, 6) is 1.81. The van der Waals surface area contributed by atoms with Crippen LogP contribution >= 0.6 is 11.3 Å². The zero-order valence-corrected chi connectivity index (χ0v) is 23.7. The molecule has 0 saturated carbocycles. The number of anilines is 2. The number of thiophene rings is 1. The van der Waals surface area contributed by atoms with Gasteiger partial charge >= 0.3 is 0 Å². The van der Waals surface area contributed by atoms with Crippen molar-refractivity contribution in [3.05, 3.63) is 64.0 Å². The van der Waals surface area contributed by atoms with Crippen molar-refractivity contribution in [3.63, 3.8) is 0 Å². The maximum atomic E-state index is 13.7. The van der Waals surface area contributed by atoms with Crippen LogP contribution in [0.5, 0.6) is 17.2 Å². The minimum absolute atomic E-state index is 0.140. The van der Waals surface area contributed by atoms with Gasteiger partial charge in [-0.1, -0.05) is 39.0 Å². The van der Waals surface area contributed by atoms with Gasteiger partial charge in [-0.15, -0.1) is 11.3 Å². The van der Waals surface area contributed by atoms with Crippen molar-refractivity contribution in [1.29, 1.82) is 0 Å². The Balaban J connectivity index is 1.63. The highest BCUT2D eigenvalue weighted by atomic mass is 32.1.